The van der Waals surface area contributed by atoms with Gasteiger partial charge in [0.25, 0.3) is 5.56 Å². The first kappa shape index (κ1) is 21.5. The topological polar surface area (TPSA) is 73.9 Å². The summed E-state index contributed by atoms with van der Waals surface area (Å²) in [6.45, 7) is 11.2. The van der Waals surface area contributed by atoms with Crippen LogP contribution in [0.1, 0.15) is 37.5 Å². The molecule has 0 spiro atoms. The highest BCUT2D eigenvalue weighted by atomic mass is 16.1. The smallest absolute Gasteiger partial charge is 0.273 e. The minimum Gasteiger partial charge on any atom is -0.355 e. The molecule has 2 N–H and O–H groups in total. The summed E-state index contributed by atoms with van der Waals surface area (Å²) in [4.78, 5) is 19.0. The summed E-state index contributed by atoms with van der Waals surface area (Å²) in [6.07, 6.45) is 5.33. The van der Waals surface area contributed by atoms with Crippen molar-refractivity contribution in [3.63, 3.8) is 0 Å². The second-order valence-electron chi connectivity index (χ2n) is 7.17. The predicted molar refractivity (Wildman–Crippen MR) is 123 cm³/mol. The van der Waals surface area contributed by atoms with Crippen LogP contribution in [0.3, 0.4) is 0 Å². The maximum Gasteiger partial charge on any atom is 0.273 e. The normalized spacial score (nSPS) is 11.7. The molecule has 0 aliphatic rings. The maximum atomic E-state index is 12.6. The van der Waals surface area contributed by atoms with Gasteiger partial charge in [0.15, 0.2) is 0 Å². The van der Waals surface area contributed by atoms with Gasteiger partial charge in [-0.05, 0) is 62.3 Å². The standard InChI is InChI=1S/C24H29N5O/c1-5-21(20-15-23(27-28-24(20)30)19-10-12-25-13-11-19)26-22-14-18(9-8-17(22)4)16-29(6-2)7-3/h5,8-15,26H,6-7,16H2,1-4H3,(H,28,30)/b21-5-. The molecule has 0 amide bonds. The van der Waals surface area contributed by atoms with Crippen molar-refractivity contribution in [3.8, 4) is 11.3 Å². The van der Waals surface area contributed by atoms with Gasteiger partial charge >= 0.3 is 0 Å². The number of aromatic amines is 1. The van der Waals surface area contributed by atoms with Crippen LogP contribution in [0.2, 0.25) is 0 Å². The van der Waals surface area contributed by atoms with Crippen molar-refractivity contribution in [2.75, 3.05) is 18.4 Å². The van der Waals surface area contributed by atoms with Crippen molar-refractivity contribution in [3.05, 3.63) is 81.9 Å². The summed E-state index contributed by atoms with van der Waals surface area (Å²) in [5.74, 6) is 0. The Morgan fingerprint density at radius 1 is 1.13 bits per heavy atom. The van der Waals surface area contributed by atoms with Crippen molar-refractivity contribution in [2.24, 2.45) is 0 Å². The predicted octanol–water partition coefficient (Wildman–Crippen LogP) is 4.46. The molecule has 0 aliphatic carbocycles. The van der Waals surface area contributed by atoms with Gasteiger partial charge in [-0.25, -0.2) is 5.10 Å². The largest absolute Gasteiger partial charge is 0.355 e. The molecule has 3 rings (SSSR count). The van der Waals surface area contributed by atoms with Gasteiger partial charge in [-0.15, -0.1) is 0 Å². The van der Waals surface area contributed by atoms with Gasteiger partial charge in [0.05, 0.1) is 11.3 Å². The van der Waals surface area contributed by atoms with E-state index in [2.05, 4.69) is 64.4 Å². The molecule has 2 heterocycles. The first-order chi connectivity index (χ1) is 14.5. The second kappa shape index (κ2) is 9.98. The highest BCUT2D eigenvalue weighted by Crippen LogP contribution is 2.24. The molecule has 0 saturated carbocycles. The van der Waals surface area contributed by atoms with E-state index in [4.69, 9.17) is 0 Å². The Hall–Kier alpha value is -3.25. The zero-order chi connectivity index (χ0) is 21.5. The van der Waals surface area contributed by atoms with Crippen LogP contribution in [0.5, 0.6) is 0 Å². The minimum atomic E-state index is -0.231. The highest BCUT2D eigenvalue weighted by Gasteiger charge is 2.12. The van der Waals surface area contributed by atoms with Crippen LogP contribution in [0.4, 0.5) is 5.69 Å². The summed E-state index contributed by atoms with van der Waals surface area (Å²) in [5.41, 5.74) is 6.01. The number of aryl methyl sites for hydroxylation is 1. The Morgan fingerprint density at radius 2 is 1.87 bits per heavy atom. The number of aromatic nitrogens is 3. The fraction of sp³-hybridized carbons (Fsp3) is 0.292. The fourth-order valence-electron chi connectivity index (χ4n) is 3.32. The minimum absolute atomic E-state index is 0.231. The van der Waals surface area contributed by atoms with Crippen molar-refractivity contribution < 1.29 is 0 Å². The van der Waals surface area contributed by atoms with E-state index >= 15 is 0 Å². The average molecular weight is 404 g/mol. The molecule has 0 saturated heterocycles. The molecule has 0 atom stereocenters. The van der Waals surface area contributed by atoms with Crippen molar-refractivity contribution in [1.29, 1.82) is 0 Å². The lowest BCUT2D eigenvalue weighted by Crippen LogP contribution is -2.22. The third-order valence-electron chi connectivity index (χ3n) is 5.23. The molecule has 156 valence electrons. The van der Waals surface area contributed by atoms with Crippen molar-refractivity contribution >= 4 is 11.4 Å². The molecule has 30 heavy (non-hydrogen) atoms. The van der Waals surface area contributed by atoms with Crippen LogP contribution >= 0.6 is 0 Å². The quantitative estimate of drug-likeness (QED) is 0.581. The van der Waals surface area contributed by atoms with E-state index in [9.17, 15) is 4.79 Å². The van der Waals surface area contributed by atoms with Gasteiger partial charge in [-0.2, -0.15) is 5.10 Å². The summed E-state index contributed by atoms with van der Waals surface area (Å²) < 4.78 is 0. The third kappa shape index (κ3) is 5.02. The number of hydrogen-bond acceptors (Lipinski definition) is 5. The molecule has 1 aromatic carbocycles. The molecule has 0 radical (unpaired) electrons. The SMILES string of the molecule is C/C=C(\Nc1cc(CN(CC)CC)ccc1C)c1cc(-c2ccncc2)n[nH]c1=O. The van der Waals surface area contributed by atoms with Crippen LogP contribution in [-0.2, 0) is 6.54 Å². The van der Waals surface area contributed by atoms with Gasteiger partial charge in [0.1, 0.15) is 0 Å². The summed E-state index contributed by atoms with van der Waals surface area (Å²) >= 11 is 0. The van der Waals surface area contributed by atoms with Crippen LogP contribution in [0, 0.1) is 6.92 Å². The molecule has 0 bridgehead atoms. The van der Waals surface area contributed by atoms with E-state index < -0.39 is 0 Å². The third-order valence-corrected chi connectivity index (χ3v) is 5.23. The average Bonchev–Trinajstić information content (AvgIpc) is 2.78. The van der Waals surface area contributed by atoms with E-state index in [1.165, 1.54) is 5.56 Å². The lowest BCUT2D eigenvalue weighted by Gasteiger charge is -2.20. The molecule has 0 unspecified atom stereocenters. The Balaban J connectivity index is 1.92. The molecule has 0 aliphatic heterocycles. The molecule has 0 fully saturated rings. The molecular formula is C24H29N5O. The van der Waals surface area contributed by atoms with E-state index in [0.29, 0.717) is 11.3 Å². The Bertz CT molecular complexity index is 1070. The Kier molecular flexibility index (Phi) is 7.14. The van der Waals surface area contributed by atoms with E-state index in [1.54, 1.807) is 12.4 Å². The van der Waals surface area contributed by atoms with Crippen molar-refractivity contribution in [1.82, 2.24) is 20.1 Å². The Morgan fingerprint density at radius 3 is 2.53 bits per heavy atom. The monoisotopic (exact) mass is 403 g/mol. The number of anilines is 1. The van der Waals surface area contributed by atoms with Gasteiger partial charge < -0.3 is 5.32 Å². The van der Waals surface area contributed by atoms with Gasteiger partial charge in [-0.1, -0.05) is 32.1 Å². The number of rotatable bonds is 8. The molecule has 2 aromatic heterocycles. The number of hydrogen-bond donors (Lipinski definition) is 2. The molecule has 6 heteroatoms. The molecular weight excluding hydrogens is 374 g/mol. The first-order valence-corrected chi connectivity index (χ1v) is 10.3. The van der Waals surface area contributed by atoms with Crippen molar-refractivity contribution in [2.45, 2.75) is 34.2 Å². The van der Waals surface area contributed by atoms with Gasteiger partial charge in [-0.3, -0.25) is 14.7 Å². The van der Waals surface area contributed by atoms with E-state index in [0.717, 1.165) is 42.1 Å². The number of benzene rings is 1. The molecule has 6 nitrogen and oxygen atoms in total. The van der Waals surface area contributed by atoms with Crippen LogP contribution in [0.15, 0.2) is 59.7 Å². The maximum absolute atomic E-state index is 12.6. The van der Waals surface area contributed by atoms with Gasteiger partial charge in [0.2, 0.25) is 0 Å². The zero-order valence-corrected chi connectivity index (χ0v) is 18.1. The number of pyridine rings is 1. The summed E-state index contributed by atoms with van der Waals surface area (Å²) in [5, 5.41) is 10.3. The van der Waals surface area contributed by atoms with E-state index in [-0.39, 0.29) is 5.56 Å². The highest BCUT2D eigenvalue weighted by molar-refractivity contribution is 5.79. The fourth-order valence-corrected chi connectivity index (χ4v) is 3.32. The first-order valence-electron chi connectivity index (χ1n) is 10.3. The summed E-state index contributed by atoms with van der Waals surface area (Å²) in [7, 11) is 0. The van der Waals surface area contributed by atoms with Gasteiger partial charge in [0, 0.05) is 35.9 Å². The number of nitrogens with zero attached hydrogens (tertiary/aromatic N) is 3. The van der Waals surface area contributed by atoms with Crippen LogP contribution < -0.4 is 10.9 Å². The second-order valence-corrected chi connectivity index (χ2v) is 7.17. The van der Waals surface area contributed by atoms with Crippen LogP contribution in [-0.4, -0.2) is 33.2 Å². The lowest BCUT2D eigenvalue weighted by molar-refractivity contribution is 0.296. The Labute approximate surface area is 177 Å². The van der Waals surface area contributed by atoms with E-state index in [1.807, 2.05) is 31.2 Å². The zero-order valence-electron chi connectivity index (χ0n) is 18.1. The lowest BCUT2D eigenvalue weighted by atomic mass is 10.1. The number of H-pyrrole nitrogens is 1. The number of nitrogens with one attached hydrogen (secondary N) is 2. The summed E-state index contributed by atoms with van der Waals surface area (Å²) in [6, 6.07) is 12.0. The number of allylic oxidation sites excluding steroid dienone is 1. The van der Waals surface area contributed by atoms with Crippen LogP contribution in [0.25, 0.3) is 17.0 Å². The molecule has 3 aromatic rings.